The summed E-state index contributed by atoms with van der Waals surface area (Å²) in [5.41, 5.74) is 0.859. The van der Waals surface area contributed by atoms with Crippen LogP contribution in [0.5, 0.6) is 0 Å². The Morgan fingerprint density at radius 3 is 1.57 bits per heavy atom. The fourth-order valence-corrected chi connectivity index (χ4v) is 25.3. The number of aldehydes is 1. The Kier molecular flexibility index (Phi) is 5.97. The molecule has 2 aliphatic rings. The molecule has 0 N–H and O–H groups in total. The first kappa shape index (κ1) is 22.5. The Balaban J connectivity index is 1.68. The normalized spacial score (nSPS) is 25.0. The molecule has 2 aliphatic carbocycles. The van der Waals surface area contributed by atoms with Gasteiger partial charge in [-0.2, -0.15) is 0 Å². The summed E-state index contributed by atoms with van der Waals surface area (Å²) in [6.45, 7) is 0. The summed E-state index contributed by atoms with van der Waals surface area (Å²) in [4.78, 5) is 13.5. The van der Waals surface area contributed by atoms with Gasteiger partial charge in [-0.05, 0) is 0 Å². The molecule has 0 radical (unpaired) electrons. The van der Waals surface area contributed by atoms with Gasteiger partial charge in [0.2, 0.25) is 0 Å². The number of allylic oxidation sites excluding steroid dienone is 2. The molecule has 1 fully saturated rings. The maximum absolute atomic E-state index is 13.5. The molecule has 6 rings (SSSR count). The van der Waals surface area contributed by atoms with Gasteiger partial charge in [-0.15, -0.1) is 0 Å². The van der Waals surface area contributed by atoms with E-state index in [1.807, 2.05) is 0 Å². The minimum atomic E-state index is -3.75. The zero-order valence-electron chi connectivity index (χ0n) is 19.8. The van der Waals surface area contributed by atoms with Gasteiger partial charge in [0.1, 0.15) is 0 Å². The van der Waals surface area contributed by atoms with Crippen molar-refractivity contribution in [3.05, 3.63) is 139 Å². The molecule has 4 aromatic carbocycles. The van der Waals surface area contributed by atoms with Crippen LogP contribution in [0, 0.1) is 17.3 Å². The summed E-state index contributed by atoms with van der Waals surface area (Å²) in [5.74, 6) is 0.716. The van der Waals surface area contributed by atoms with Crippen LogP contribution in [0.15, 0.2) is 133 Å². The third-order valence-electron chi connectivity index (χ3n) is 8.54. The number of benzene rings is 4. The zero-order valence-corrected chi connectivity index (χ0v) is 22.7. The van der Waals surface area contributed by atoms with Crippen LogP contribution in [0.3, 0.4) is 0 Å². The van der Waals surface area contributed by atoms with Crippen molar-refractivity contribution in [1.82, 2.24) is 0 Å². The van der Waals surface area contributed by atoms with Crippen molar-refractivity contribution < 1.29 is 4.79 Å². The van der Waals surface area contributed by atoms with Crippen molar-refractivity contribution in [2.45, 2.75) is 16.8 Å². The van der Waals surface area contributed by atoms with E-state index in [4.69, 9.17) is 0 Å². The van der Waals surface area contributed by atoms with Crippen molar-refractivity contribution in [2.24, 2.45) is 17.3 Å². The molecule has 1 saturated carbocycles. The molecule has 2 heteroatoms. The predicted octanol–water partition coefficient (Wildman–Crippen LogP) is 5.16. The summed E-state index contributed by atoms with van der Waals surface area (Å²) >= 11 is -3.75. The number of carbonyl (C=O) groups is 1. The van der Waals surface area contributed by atoms with Gasteiger partial charge in [-0.25, -0.2) is 0 Å². The van der Waals surface area contributed by atoms with Crippen molar-refractivity contribution in [1.29, 1.82) is 0 Å². The number of hydrogen-bond acceptors (Lipinski definition) is 1. The second-order valence-corrected chi connectivity index (χ2v) is 21.5. The van der Waals surface area contributed by atoms with Crippen LogP contribution >= 0.6 is 0 Å². The molecular formula is C33H30OSn. The summed E-state index contributed by atoms with van der Waals surface area (Å²) in [7, 11) is 0. The molecule has 0 amide bonds. The first-order valence-electron chi connectivity index (χ1n) is 12.6. The fraction of sp³-hybridized carbons (Fsp3) is 0.182. The van der Waals surface area contributed by atoms with E-state index in [1.54, 1.807) is 0 Å². The topological polar surface area (TPSA) is 17.1 Å². The van der Waals surface area contributed by atoms with Crippen LogP contribution in [0.2, 0.25) is 3.93 Å². The van der Waals surface area contributed by atoms with Gasteiger partial charge in [-0.1, -0.05) is 0 Å². The Hall–Kier alpha value is -2.91. The Bertz CT molecular complexity index is 1220. The molecule has 0 spiro atoms. The Morgan fingerprint density at radius 1 is 0.657 bits per heavy atom. The van der Waals surface area contributed by atoms with E-state index in [9.17, 15) is 4.79 Å². The van der Waals surface area contributed by atoms with Gasteiger partial charge < -0.3 is 0 Å². The maximum atomic E-state index is 13.5. The fourth-order valence-electron chi connectivity index (χ4n) is 7.26. The van der Waals surface area contributed by atoms with Crippen LogP contribution in [-0.4, -0.2) is 24.7 Å². The van der Waals surface area contributed by atoms with Gasteiger partial charge in [0, 0.05) is 0 Å². The molecule has 0 heterocycles. The first-order chi connectivity index (χ1) is 17.3. The van der Waals surface area contributed by atoms with E-state index in [2.05, 4.69) is 133 Å². The molecule has 0 unspecified atom stereocenters. The predicted molar refractivity (Wildman–Crippen MR) is 147 cm³/mol. The third kappa shape index (κ3) is 3.55. The zero-order chi connectivity index (χ0) is 23.7. The van der Waals surface area contributed by atoms with Crippen molar-refractivity contribution in [3.63, 3.8) is 0 Å². The van der Waals surface area contributed by atoms with Gasteiger partial charge in [0.15, 0.2) is 0 Å². The molecule has 0 saturated heterocycles. The van der Waals surface area contributed by atoms with Crippen LogP contribution in [0.4, 0.5) is 0 Å². The van der Waals surface area contributed by atoms with Crippen LogP contribution in [0.1, 0.15) is 12.0 Å². The summed E-state index contributed by atoms with van der Waals surface area (Å²) in [5, 5.41) is 0. The van der Waals surface area contributed by atoms with E-state index >= 15 is 0 Å². The second-order valence-electron chi connectivity index (χ2n) is 10.2. The van der Waals surface area contributed by atoms with Gasteiger partial charge >= 0.3 is 213 Å². The van der Waals surface area contributed by atoms with E-state index in [-0.39, 0.29) is 0 Å². The monoisotopic (exact) mass is 562 g/mol. The van der Waals surface area contributed by atoms with Gasteiger partial charge in [0.25, 0.3) is 0 Å². The molecule has 0 aliphatic heterocycles. The number of rotatable bonds is 7. The van der Waals surface area contributed by atoms with Crippen molar-refractivity contribution in [3.8, 4) is 0 Å². The molecule has 35 heavy (non-hydrogen) atoms. The molecule has 4 aromatic rings. The number of fused-ring (bicyclic) bond motifs is 2. The summed E-state index contributed by atoms with van der Waals surface area (Å²) < 4.78 is 4.69. The van der Waals surface area contributed by atoms with Crippen LogP contribution < -0.4 is 10.7 Å². The SMILES string of the molecule is O=C[C@]1(Cc2ccccc2)[C@H]2C=C[C@H](C2)[C@@H]1[Sn]([c]1ccccc1)([c]1ccccc1)[c]1ccccc1. The molecule has 172 valence electrons. The van der Waals surface area contributed by atoms with E-state index in [1.165, 1.54) is 22.6 Å². The average molecular weight is 561 g/mol. The second kappa shape index (κ2) is 9.27. The summed E-state index contributed by atoms with van der Waals surface area (Å²) in [6.07, 6.45) is 8.07. The first-order valence-corrected chi connectivity index (χ1v) is 18.6. The van der Waals surface area contributed by atoms with E-state index in [0.29, 0.717) is 15.8 Å². The standard InChI is InChI=1S/C15H15O.3C6H5.Sn/c16-11-15(9-12-4-2-1-3-5-12)10-13-6-7-14(15)8-13;3*1-2-4-6-5-3-1;/h1-7,10-11,13-14H,8-9H2;3*1-5H;/t13-,14+,15-;;;;/m1..../s1. The molecule has 4 atom stereocenters. The number of hydrogen-bond donors (Lipinski definition) is 0. The van der Waals surface area contributed by atoms with Crippen LogP contribution in [-0.2, 0) is 11.2 Å². The molecular weight excluding hydrogens is 531 g/mol. The van der Waals surface area contributed by atoms with Crippen molar-refractivity contribution >= 4 is 35.4 Å². The van der Waals surface area contributed by atoms with Crippen LogP contribution in [0.25, 0.3) is 0 Å². The summed E-state index contributed by atoms with van der Waals surface area (Å²) in [6, 6.07) is 44.3. The molecule has 2 bridgehead atoms. The Labute approximate surface area is 212 Å². The van der Waals surface area contributed by atoms with E-state index < -0.39 is 23.8 Å². The van der Waals surface area contributed by atoms with Crippen molar-refractivity contribution in [2.75, 3.05) is 0 Å². The molecule has 1 nitrogen and oxygen atoms in total. The Morgan fingerprint density at radius 2 is 1.11 bits per heavy atom. The average Bonchev–Trinajstić information content (AvgIpc) is 3.53. The van der Waals surface area contributed by atoms with Gasteiger partial charge in [0.05, 0.1) is 0 Å². The van der Waals surface area contributed by atoms with Gasteiger partial charge in [-0.3, -0.25) is 0 Å². The third-order valence-corrected chi connectivity index (χ3v) is 24.6. The number of carbonyl (C=O) groups excluding carboxylic acids is 1. The van der Waals surface area contributed by atoms with E-state index in [0.717, 1.165) is 12.8 Å². The molecule has 0 aromatic heterocycles. The quantitative estimate of drug-likeness (QED) is 0.173. The minimum absolute atomic E-state index is 0.294.